The van der Waals surface area contributed by atoms with Gasteiger partial charge in [-0.2, -0.15) is 0 Å². The number of hydrogen-bond donors (Lipinski definition) is 0. The van der Waals surface area contributed by atoms with E-state index >= 15 is 0 Å². The van der Waals surface area contributed by atoms with Crippen molar-refractivity contribution in [2.75, 3.05) is 13.7 Å². The lowest BCUT2D eigenvalue weighted by molar-refractivity contribution is -0.116. The maximum absolute atomic E-state index is 11.7. The van der Waals surface area contributed by atoms with Crippen molar-refractivity contribution in [1.82, 2.24) is 0 Å². The van der Waals surface area contributed by atoms with Crippen molar-refractivity contribution in [2.24, 2.45) is 0 Å². The summed E-state index contributed by atoms with van der Waals surface area (Å²) in [4.78, 5) is 22.5. The van der Waals surface area contributed by atoms with Crippen LogP contribution in [0.2, 0.25) is 0 Å². The van der Waals surface area contributed by atoms with Crippen molar-refractivity contribution in [3.05, 3.63) is 29.3 Å². The second-order valence-corrected chi connectivity index (χ2v) is 4.57. The first kappa shape index (κ1) is 14.7. The van der Waals surface area contributed by atoms with Crippen LogP contribution in [0.1, 0.15) is 34.6 Å². The molecule has 0 N–H and O–H groups in total. The number of esters is 1. The van der Waals surface area contributed by atoms with Gasteiger partial charge in [0.1, 0.15) is 17.1 Å². The van der Waals surface area contributed by atoms with E-state index in [-0.39, 0.29) is 5.78 Å². The zero-order chi connectivity index (χ0) is 13.7. The second kappa shape index (κ2) is 6.54. The van der Waals surface area contributed by atoms with Crippen molar-refractivity contribution in [1.29, 1.82) is 0 Å². The topological polar surface area (TPSA) is 52.6 Å². The number of alkyl halides is 1. The summed E-state index contributed by atoms with van der Waals surface area (Å²) >= 11 is 3.28. The summed E-state index contributed by atoms with van der Waals surface area (Å²) in [6, 6.07) is 4.96. The Morgan fingerprint density at radius 3 is 2.56 bits per heavy atom. The molecule has 0 fully saturated rings. The molecule has 1 rings (SSSR count). The minimum Gasteiger partial charge on any atom is -0.496 e. The van der Waals surface area contributed by atoms with E-state index in [4.69, 9.17) is 9.47 Å². The molecule has 0 radical (unpaired) electrons. The van der Waals surface area contributed by atoms with Gasteiger partial charge in [0.2, 0.25) is 0 Å². The number of ketones is 1. The summed E-state index contributed by atoms with van der Waals surface area (Å²) in [6.07, 6.45) is 0. The summed E-state index contributed by atoms with van der Waals surface area (Å²) in [6.45, 7) is 3.53. The van der Waals surface area contributed by atoms with Gasteiger partial charge in [0.25, 0.3) is 0 Å². The van der Waals surface area contributed by atoms with Crippen LogP contribution in [-0.4, -0.2) is 25.5 Å². The second-order valence-electron chi connectivity index (χ2n) is 3.65. The van der Waals surface area contributed by atoms with E-state index in [2.05, 4.69) is 15.9 Å². The van der Waals surface area contributed by atoms with Gasteiger partial charge in [-0.15, -0.1) is 0 Å². The average molecular weight is 315 g/mol. The van der Waals surface area contributed by atoms with Gasteiger partial charge in [-0.1, -0.05) is 22.0 Å². The molecular formula is C13H15BrO4. The Morgan fingerprint density at radius 2 is 2.06 bits per heavy atom. The first-order valence-electron chi connectivity index (χ1n) is 5.50. The van der Waals surface area contributed by atoms with Gasteiger partial charge in [0, 0.05) is 0 Å². The first-order chi connectivity index (χ1) is 8.51. The van der Waals surface area contributed by atoms with Gasteiger partial charge in [-0.3, -0.25) is 4.79 Å². The molecule has 1 atom stereocenters. The Balaban J connectivity index is 3.11. The number of carbonyl (C=O) groups excluding carboxylic acids is 2. The number of halogens is 1. The molecule has 0 aliphatic carbocycles. The number of benzene rings is 1. The Labute approximate surface area is 114 Å². The molecule has 0 aliphatic rings. The third kappa shape index (κ3) is 3.32. The minimum absolute atomic E-state index is 0.0130. The molecule has 0 aromatic heterocycles. The van der Waals surface area contributed by atoms with E-state index < -0.39 is 10.8 Å². The van der Waals surface area contributed by atoms with Gasteiger partial charge in [-0.25, -0.2) is 4.79 Å². The SMILES string of the molecule is CCOC(=O)c1ccc(C(Br)C(C)=O)cc1OC. The average Bonchev–Trinajstić information content (AvgIpc) is 2.37. The smallest absolute Gasteiger partial charge is 0.341 e. The lowest BCUT2D eigenvalue weighted by Crippen LogP contribution is -2.08. The highest BCUT2D eigenvalue weighted by Crippen LogP contribution is 2.29. The Kier molecular flexibility index (Phi) is 5.34. The zero-order valence-electron chi connectivity index (χ0n) is 10.5. The van der Waals surface area contributed by atoms with E-state index in [0.717, 1.165) is 5.56 Å². The number of rotatable bonds is 5. The summed E-state index contributed by atoms with van der Waals surface area (Å²) in [5, 5.41) is 0. The summed E-state index contributed by atoms with van der Waals surface area (Å²) < 4.78 is 10.1. The molecule has 0 saturated heterocycles. The lowest BCUT2D eigenvalue weighted by Gasteiger charge is -2.12. The first-order valence-corrected chi connectivity index (χ1v) is 6.42. The van der Waals surface area contributed by atoms with Gasteiger partial charge >= 0.3 is 5.97 Å². The van der Waals surface area contributed by atoms with Gasteiger partial charge < -0.3 is 9.47 Å². The minimum atomic E-state index is -0.435. The normalized spacial score (nSPS) is 11.8. The molecule has 0 amide bonds. The molecule has 1 unspecified atom stereocenters. The molecule has 0 heterocycles. The van der Waals surface area contributed by atoms with Crippen LogP contribution in [0.4, 0.5) is 0 Å². The highest BCUT2D eigenvalue weighted by molar-refractivity contribution is 9.09. The van der Waals surface area contributed by atoms with Crippen molar-refractivity contribution in [3.8, 4) is 5.75 Å². The Hall–Kier alpha value is -1.36. The van der Waals surface area contributed by atoms with Gasteiger partial charge in [0.15, 0.2) is 0 Å². The number of methoxy groups -OCH3 is 1. The van der Waals surface area contributed by atoms with E-state index in [1.54, 1.807) is 25.1 Å². The maximum Gasteiger partial charge on any atom is 0.341 e. The molecular weight excluding hydrogens is 300 g/mol. The van der Waals surface area contributed by atoms with Crippen LogP contribution in [0.3, 0.4) is 0 Å². The van der Waals surface area contributed by atoms with Crippen molar-refractivity contribution >= 4 is 27.7 Å². The molecule has 4 nitrogen and oxygen atoms in total. The fourth-order valence-corrected chi connectivity index (χ4v) is 1.76. The summed E-state index contributed by atoms with van der Waals surface area (Å²) in [5.41, 5.74) is 1.10. The molecule has 0 saturated carbocycles. The predicted molar refractivity (Wildman–Crippen MR) is 71.3 cm³/mol. The number of hydrogen-bond acceptors (Lipinski definition) is 4. The van der Waals surface area contributed by atoms with Crippen molar-refractivity contribution in [2.45, 2.75) is 18.7 Å². The Morgan fingerprint density at radius 1 is 1.39 bits per heavy atom. The van der Waals surface area contributed by atoms with E-state index in [9.17, 15) is 9.59 Å². The third-order valence-corrected chi connectivity index (χ3v) is 3.54. The van der Waals surface area contributed by atoms with Crippen LogP contribution in [0.25, 0.3) is 0 Å². The molecule has 1 aromatic rings. The van der Waals surface area contributed by atoms with Gasteiger partial charge in [0.05, 0.1) is 18.5 Å². The highest BCUT2D eigenvalue weighted by atomic mass is 79.9. The fourth-order valence-electron chi connectivity index (χ4n) is 1.48. The van der Waals surface area contributed by atoms with Crippen LogP contribution in [0.15, 0.2) is 18.2 Å². The predicted octanol–water partition coefficient (Wildman–Crippen LogP) is 2.90. The largest absolute Gasteiger partial charge is 0.496 e. The van der Waals surface area contributed by atoms with E-state index in [1.807, 2.05) is 0 Å². The van der Waals surface area contributed by atoms with Crippen molar-refractivity contribution < 1.29 is 19.1 Å². The lowest BCUT2D eigenvalue weighted by atomic mass is 10.1. The van der Waals surface area contributed by atoms with Crippen LogP contribution in [-0.2, 0) is 9.53 Å². The molecule has 5 heteroatoms. The number of Topliss-reactive ketones (excluding diaryl/α,β-unsaturated/α-hetero) is 1. The number of ether oxygens (including phenoxy) is 2. The number of carbonyl (C=O) groups is 2. The Bertz CT molecular complexity index is 456. The van der Waals surface area contributed by atoms with E-state index in [0.29, 0.717) is 17.9 Å². The summed E-state index contributed by atoms with van der Waals surface area (Å²) in [5.74, 6) is -0.0487. The molecule has 1 aromatic carbocycles. The standard InChI is InChI=1S/C13H15BrO4/c1-4-18-13(16)10-6-5-9(7-11(10)17-3)12(14)8(2)15/h5-7,12H,4H2,1-3H3. The summed E-state index contributed by atoms with van der Waals surface area (Å²) in [7, 11) is 1.47. The van der Waals surface area contributed by atoms with Crippen LogP contribution in [0.5, 0.6) is 5.75 Å². The molecule has 0 bridgehead atoms. The molecule has 98 valence electrons. The highest BCUT2D eigenvalue weighted by Gasteiger charge is 2.18. The quantitative estimate of drug-likeness (QED) is 0.619. The van der Waals surface area contributed by atoms with Crippen LogP contribution < -0.4 is 4.74 Å². The third-order valence-electron chi connectivity index (χ3n) is 2.37. The monoisotopic (exact) mass is 314 g/mol. The molecule has 0 spiro atoms. The van der Waals surface area contributed by atoms with E-state index in [1.165, 1.54) is 14.0 Å². The zero-order valence-corrected chi connectivity index (χ0v) is 12.1. The van der Waals surface area contributed by atoms with Crippen LogP contribution in [0, 0.1) is 0 Å². The van der Waals surface area contributed by atoms with Crippen LogP contribution >= 0.6 is 15.9 Å². The molecule has 0 aliphatic heterocycles. The van der Waals surface area contributed by atoms with Crippen molar-refractivity contribution in [3.63, 3.8) is 0 Å². The molecule has 18 heavy (non-hydrogen) atoms. The maximum atomic E-state index is 11.7. The van der Waals surface area contributed by atoms with Gasteiger partial charge in [-0.05, 0) is 31.5 Å². The fraction of sp³-hybridized carbons (Fsp3) is 0.385.